The second-order valence-electron chi connectivity index (χ2n) is 6.43. The molecule has 0 spiro atoms. The van der Waals surface area contributed by atoms with Crippen LogP contribution in [0.3, 0.4) is 0 Å². The van der Waals surface area contributed by atoms with Gasteiger partial charge in [-0.25, -0.2) is 0 Å². The van der Waals surface area contributed by atoms with Gasteiger partial charge in [-0.3, -0.25) is 0 Å². The summed E-state index contributed by atoms with van der Waals surface area (Å²) in [4.78, 5) is 0. The number of hydrogen-bond acceptors (Lipinski definition) is 4. The van der Waals surface area contributed by atoms with Crippen LogP contribution in [0.5, 0.6) is 11.5 Å². The topological polar surface area (TPSA) is 53.3 Å². The smallest absolute Gasteiger partial charge is 0.119 e. The lowest BCUT2D eigenvalue weighted by molar-refractivity contribution is 0.285. The van der Waals surface area contributed by atoms with Gasteiger partial charge in [0.05, 0.1) is 6.61 Å². The standard InChI is InChI=1S/C21H29NO2S/c1-15(9-11-24-20-7-5-19(23)6-8-20)13-21(22)18(4)14-17(3)16(2)10-12-25/h5-8,10,12,14-15,22-23,25H,9,11,13H2,1-4H3/b12-10-,17-16+,18-14+,22-21?. The Morgan fingerprint density at radius 2 is 1.84 bits per heavy atom. The Morgan fingerprint density at radius 1 is 1.20 bits per heavy atom. The van der Waals surface area contributed by atoms with Gasteiger partial charge in [0.25, 0.3) is 0 Å². The third-order valence-electron chi connectivity index (χ3n) is 4.12. The van der Waals surface area contributed by atoms with Gasteiger partial charge >= 0.3 is 0 Å². The van der Waals surface area contributed by atoms with Crippen molar-refractivity contribution in [2.24, 2.45) is 5.92 Å². The highest BCUT2D eigenvalue weighted by Gasteiger charge is 2.08. The molecule has 0 bridgehead atoms. The fourth-order valence-electron chi connectivity index (χ4n) is 2.30. The minimum atomic E-state index is 0.237. The molecule has 0 aliphatic rings. The van der Waals surface area contributed by atoms with Crippen LogP contribution in [0.25, 0.3) is 0 Å². The van der Waals surface area contributed by atoms with Gasteiger partial charge in [-0.2, -0.15) is 12.6 Å². The lowest BCUT2D eigenvalue weighted by Gasteiger charge is -2.14. The van der Waals surface area contributed by atoms with E-state index in [4.69, 9.17) is 10.1 Å². The van der Waals surface area contributed by atoms with Gasteiger partial charge in [-0.05, 0) is 85.9 Å². The second kappa shape index (κ2) is 10.8. The molecule has 1 unspecified atom stereocenters. The molecule has 0 radical (unpaired) electrons. The van der Waals surface area contributed by atoms with Crippen molar-refractivity contribution in [3.8, 4) is 11.5 Å². The zero-order chi connectivity index (χ0) is 18.8. The van der Waals surface area contributed by atoms with Gasteiger partial charge in [0.15, 0.2) is 0 Å². The van der Waals surface area contributed by atoms with Crippen LogP contribution in [-0.2, 0) is 0 Å². The monoisotopic (exact) mass is 359 g/mol. The lowest BCUT2D eigenvalue weighted by atomic mass is 9.96. The van der Waals surface area contributed by atoms with Crippen LogP contribution < -0.4 is 4.74 Å². The summed E-state index contributed by atoms with van der Waals surface area (Å²) in [5, 5.41) is 19.3. The number of benzene rings is 1. The molecule has 1 atom stereocenters. The van der Waals surface area contributed by atoms with E-state index in [0.717, 1.165) is 35.3 Å². The quantitative estimate of drug-likeness (QED) is 0.291. The van der Waals surface area contributed by atoms with Crippen LogP contribution in [0.1, 0.15) is 40.5 Å². The van der Waals surface area contributed by atoms with Gasteiger partial charge in [-0.15, -0.1) is 0 Å². The Kier molecular flexibility index (Phi) is 9.14. The maximum absolute atomic E-state index is 9.25. The number of allylic oxidation sites excluding steroid dienone is 5. The number of thiol groups is 1. The molecule has 0 aromatic heterocycles. The zero-order valence-corrected chi connectivity index (χ0v) is 16.4. The van der Waals surface area contributed by atoms with Crippen LogP contribution in [0.2, 0.25) is 0 Å². The summed E-state index contributed by atoms with van der Waals surface area (Å²) in [6.07, 6.45) is 5.63. The van der Waals surface area contributed by atoms with Gasteiger partial charge in [0, 0.05) is 5.71 Å². The Hall–Kier alpha value is -1.94. The molecule has 3 nitrogen and oxygen atoms in total. The fraction of sp³-hybridized carbons (Fsp3) is 0.381. The predicted octanol–water partition coefficient (Wildman–Crippen LogP) is 5.93. The van der Waals surface area contributed by atoms with Gasteiger partial charge < -0.3 is 15.3 Å². The second-order valence-corrected chi connectivity index (χ2v) is 6.73. The largest absolute Gasteiger partial charge is 0.508 e. The van der Waals surface area contributed by atoms with E-state index in [0.29, 0.717) is 18.2 Å². The number of ether oxygens (including phenoxy) is 1. The van der Waals surface area contributed by atoms with E-state index in [-0.39, 0.29) is 5.75 Å². The van der Waals surface area contributed by atoms with Crippen molar-refractivity contribution in [1.29, 1.82) is 5.41 Å². The molecule has 4 heteroatoms. The Labute approximate surface area is 157 Å². The van der Waals surface area contributed by atoms with E-state index >= 15 is 0 Å². The minimum Gasteiger partial charge on any atom is -0.508 e. The Bertz CT molecular complexity index is 657. The molecule has 0 saturated carbocycles. The molecule has 0 fully saturated rings. The van der Waals surface area contributed by atoms with E-state index in [1.54, 1.807) is 29.7 Å². The number of phenolic OH excluding ortho intramolecular Hbond substituents is 1. The SMILES string of the molecule is C\C(=C/C(C)=C(C)/C=C\S)C(=N)CC(C)CCOc1ccc(O)cc1. The molecule has 0 aliphatic carbocycles. The van der Waals surface area contributed by atoms with Crippen LogP contribution >= 0.6 is 12.6 Å². The highest BCUT2D eigenvalue weighted by molar-refractivity contribution is 7.83. The van der Waals surface area contributed by atoms with Crippen LogP contribution in [0.4, 0.5) is 0 Å². The van der Waals surface area contributed by atoms with Gasteiger partial charge in [0.2, 0.25) is 0 Å². The molecule has 0 aliphatic heterocycles. The third-order valence-corrected chi connectivity index (χ3v) is 4.27. The van der Waals surface area contributed by atoms with E-state index in [2.05, 4.69) is 32.6 Å². The summed E-state index contributed by atoms with van der Waals surface area (Å²) >= 11 is 4.09. The van der Waals surface area contributed by atoms with Crippen molar-refractivity contribution >= 4 is 18.3 Å². The van der Waals surface area contributed by atoms with E-state index in [9.17, 15) is 5.11 Å². The summed E-state index contributed by atoms with van der Waals surface area (Å²) in [6.45, 7) is 8.82. The van der Waals surface area contributed by atoms with E-state index < -0.39 is 0 Å². The Balaban J connectivity index is 2.47. The number of phenols is 1. The fourth-order valence-corrected chi connectivity index (χ4v) is 2.52. The summed E-state index contributed by atoms with van der Waals surface area (Å²) < 4.78 is 5.68. The van der Waals surface area contributed by atoms with Gasteiger partial charge in [-0.1, -0.05) is 19.1 Å². The summed E-state index contributed by atoms with van der Waals surface area (Å²) in [6, 6.07) is 6.74. The molecular formula is C21H29NO2S. The minimum absolute atomic E-state index is 0.237. The number of hydrogen-bond donors (Lipinski definition) is 3. The molecular weight excluding hydrogens is 330 g/mol. The number of rotatable bonds is 9. The van der Waals surface area contributed by atoms with Crippen molar-refractivity contribution in [3.05, 3.63) is 58.5 Å². The first-order valence-electron chi connectivity index (χ1n) is 8.49. The number of aromatic hydroxyl groups is 1. The molecule has 136 valence electrons. The highest BCUT2D eigenvalue weighted by atomic mass is 32.1. The van der Waals surface area contributed by atoms with Crippen molar-refractivity contribution in [1.82, 2.24) is 0 Å². The predicted molar refractivity (Wildman–Crippen MR) is 110 cm³/mol. The molecule has 2 N–H and O–H groups in total. The van der Waals surface area contributed by atoms with Crippen molar-refractivity contribution in [3.63, 3.8) is 0 Å². The third kappa shape index (κ3) is 8.12. The van der Waals surface area contributed by atoms with E-state index in [1.165, 1.54) is 0 Å². The first kappa shape index (κ1) is 21.1. The van der Waals surface area contributed by atoms with Gasteiger partial charge in [0.1, 0.15) is 11.5 Å². The first-order chi connectivity index (χ1) is 11.8. The van der Waals surface area contributed by atoms with Crippen molar-refractivity contribution < 1.29 is 9.84 Å². The van der Waals surface area contributed by atoms with Crippen LogP contribution in [0.15, 0.2) is 58.5 Å². The highest BCUT2D eigenvalue weighted by Crippen LogP contribution is 2.18. The molecule has 0 heterocycles. The average molecular weight is 360 g/mol. The lowest BCUT2D eigenvalue weighted by Crippen LogP contribution is -2.10. The number of nitrogens with one attached hydrogen (secondary N) is 1. The normalized spacial score (nSPS) is 14.4. The molecule has 1 rings (SSSR count). The molecule has 1 aromatic rings. The van der Waals surface area contributed by atoms with Crippen LogP contribution in [-0.4, -0.2) is 17.4 Å². The molecule has 0 amide bonds. The molecule has 0 saturated heterocycles. The van der Waals surface area contributed by atoms with E-state index in [1.807, 2.05) is 19.9 Å². The van der Waals surface area contributed by atoms with Crippen molar-refractivity contribution in [2.45, 2.75) is 40.5 Å². The average Bonchev–Trinajstić information content (AvgIpc) is 2.56. The summed E-state index contributed by atoms with van der Waals surface area (Å²) in [5.41, 5.74) is 3.96. The Morgan fingerprint density at radius 3 is 2.44 bits per heavy atom. The maximum Gasteiger partial charge on any atom is 0.119 e. The summed E-state index contributed by atoms with van der Waals surface area (Å²) in [7, 11) is 0. The maximum atomic E-state index is 9.25. The molecule has 25 heavy (non-hydrogen) atoms. The first-order valence-corrected chi connectivity index (χ1v) is 9.01. The van der Waals surface area contributed by atoms with Crippen molar-refractivity contribution in [2.75, 3.05) is 6.61 Å². The van der Waals surface area contributed by atoms with Crippen LogP contribution in [0, 0.1) is 11.3 Å². The summed E-state index contributed by atoms with van der Waals surface area (Å²) in [5.74, 6) is 1.36. The molecule has 1 aromatic carbocycles. The zero-order valence-electron chi connectivity index (χ0n) is 15.5.